The van der Waals surface area contributed by atoms with Gasteiger partial charge in [0.05, 0.1) is 30.7 Å². The highest BCUT2D eigenvalue weighted by Crippen LogP contribution is 2.27. The molecule has 0 N–H and O–H groups in total. The second kappa shape index (κ2) is 6.77. The van der Waals surface area contributed by atoms with E-state index in [9.17, 15) is 12.8 Å². The highest BCUT2D eigenvalue weighted by atomic mass is 32.2. The molecule has 0 saturated carbocycles. The van der Waals surface area contributed by atoms with E-state index in [1.165, 1.54) is 18.4 Å². The van der Waals surface area contributed by atoms with Crippen LogP contribution in [0.5, 0.6) is 0 Å². The van der Waals surface area contributed by atoms with Crippen molar-refractivity contribution < 1.29 is 12.8 Å². The Bertz CT molecular complexity index is 1060. The van der Waals surface area contributed by atoms with Crippen LogP contribution in [0.25, 0.3) is 0 Å². The van der Waals surface area contributed by atoms with Crippen molar-refractivity contribution >= 4 is 15.7 Å². The van der Waals surface area contributed by atoms with Gasteiger partial charge in [-0.25, -0.2) is 17.8 Å². The molecule has 2 aromatic heterocycles. The first-order chi connectivity index (χ1) is 12.9. The third-order valence-electron chi connectivity index (χ3n) is 4.54. The van der Waals surface area contributed by atoms with E-state index in [0.717, 1.165) is 22.6 Å². The Hall–Kier alpha value is -2.74. The largest absolute Gasteiger partial charge is 0.346 e. The summed E-state index contributed by atoms with van der Waals surface area (Å²) in [7, 11) is -3.07. The van der Waals surface area contributed by atoms with Crippen molar-refractivity contribution in [2.75, 3.05) is 11.2 Å². The van der Waals surface area contributed by atoms with Gasteiger partial charge in [0.15, 0.2) is 9.84 Å². The van der Waals surface area contributed by atoms with Gasteiger partial charge in [0, 0.05) is 24.6 Å². The highest BCUT2D eigenvalue weighted by molar-refractivity contribution is 7.89. The molecule has 1 aliphatic heterocycles. The Labute approximate surface area is 157 Å². The van der Waals surface area contributed by atoms with Crippen LogP contribution < -0.4 is 4.90 Å². The molecule has 1 aliphatic rings. The molecular weight excluding hydrogens is 367 g/mol. The monoisotopic (exact) mass is 386 g/mol. The predicted octanol–water partition coefficient (Wildman–Crippen LogP) is 2.53. The average molecular weight is 386 g/mol. The van der Waals surface area contributed by atoms with Crippen molar-refractivity contribution in [3.05, 3.63) is 77.0 Å². The van der Waals surface area contributed by atoms with E-state index in [-0.39, 0.29) is 11.6 Å². The van der Waals surface area contributed by atoms with Gasteiger partial charge in [0.2, 0.25) is 0 Å². The SMILES string of the molecule is CS(=O)(=O)Cc1ccc(N2Cc3cnn(Cc4ccc(F)cc4)c3C2)nc1. The second-order valence-electron chi connectivity index (χ2n) is 6.85. The lowest BCUT2D eigenvalue weighted by Crippen LogP contribution is -2.18. The van der Waals surface area contributed by atoms with Crippen LogP contribution in [0.2, 0.25) is 0 Å². The molecule has 3 aromatic rings. The number of benzene rings is 1. The number of hydrogen-bond donors (Lipinski definition) is 0. The summed E-state index contributed by atoms with van der Waals surface area (Å²) in [5, 5.41) is 4.45. The lowest BCUT2D eigenvalue weighted by molar-refractivity contribution is 0.601. The summed E-state index contributed by atoms with van der Waals surface area (Å²) in [5.41, 5.74) is 3.92. The molecule has 4 rings (SSSR count). The average Bonchev–Trinajstić information content (AvgIpc) is 3.18. The molecule has 0 radical (unpaired) electrons. The lowest BCUT2D eigenvalue weighted by Gasteiger charge is -2.17. The molecule has 0 amide bonds. The van der Waals surface area contributed by atoms with Crippen LogP contribution in [0.3, 0.4) is 0 Å². The van der Waals surface area contributed by atoms with Crippen LogP contribution in [0.1, 0.15) is 22.4 Å². The van der Waals surface area contributed by atoms with Crippen molar-refractivity contribution in [1.82, 2.24) is 14.8 Å². The van der Waals surface area contributed by atoms with E-state index in [4.69, 9.17) is 0 Å². The summed E-state index contributed by atoms with van der Waals surface area (Å²) in [4.78, 5) is 6.54. The van der Waals surface area contributed by atoms with E-state index in [1.807, 2.05) is 16.9 Å². The minimum absolute atomic E-state index is 0.00681. The van der Waals surface area contributed by atoms with Crippen LogP contribution >= 0.6 is 0 Å². The number of nitrogens with zero attached hydrogens (tertiary/aromatic N) is 4. The summed E-state index contributed by atoms with van der Waals surface area (Å²) >= 11 is 0. The van der Waals surface area contributed by atoms with Gasteiger partial charge in [-0.1, -0.05) is 18.2 Å². The molecule has 0 spiro atoms. The van der Waals surface area contributed by atoms with Gasteiger partial charge in [0.1, 0.15) is 11.6 Å². The molecule has 1 aromatic carbocycles. The first-order valence-corrected chi connectivity index (χ1v) is 10.6. The molecule has 0 unspecified atom stereocenters. The van der Waals surface area contributed by atoms with E-state index in [2.05, 4.69) is 15.0 Å². The van der Waals surface area contributed by atoms with Crippen molar-refractivity contribution in [3.63, 3.8) is 0 Å². The van der Waals surface area contributed by atoms with Crippen LogP contribution in [-0.4, -0.2) is 29.4 Å². The first kappa shape index (κ1) is 17.7. The zero-order valence-electron chi connectivity index (χ0n) is 14.8. The highest BCUT2D eigenvalue weighted by Gasteiger charge is 2.24. The Morgan fingerprint density at radius 1 is 1.04 bits per heavy atom. The number of sulfone groups is 1. The maximum absolute atomic E-state index is 13.1. The fourth-order valence-electron chi connectivity index (χ4n) is 3.26. The fraction of sp³-hybridized carbons (Fsp3) is 0.263. The molecule has 0 fully saturated rings. The summed E-state index contributed by atoms with van der Waals surface area (Å²) < 4.78 is 37.8. The van der Waals surface area contributed by atoms with E-state index >= 15 is 0 Å². The molecule has 0 atom stereocenters. The van der Waals surface area contributed by atoms with Gasteiger partial charge in [-0.15, -0.1) is 0 Å². The first-order valence-electron chi connectivity index (χ1n) is 8.53. The van der Waals surface area contributed by atoms with Gasteiger partial charge in [-0.2, -0.15) is 5.10 Å². The van der Waals surface area contributed by atoms with Crippen molar-refractivity contribution in [3.8, 4) is 0 Å². The molecule has 0 aliphatic carbocycles. The summed E-state index contributed by atoms with van der Waals surface area (Å²) in [5.74, 6) is 0.547. The van der Waals surface area contributed by atoms with Gasteiger partial charge >= 0.3 is 0 Å². The van der Waals surface area contributed by atoms with Crippen LogP contribution in [0.4, 0.5) is 10.2 Å². The maximum atomic E-state index is 13.1. The lowest BCUT2D eigenvalue weighted by atomic mass is 10.2. The van der Waals surface area contributed by atoms with Crippen LogP contribution in [0, 0.1) is 5.82 Å². The molecule has 27 heavy (non-hydrogen) atoms. The van der Waals surface area contributed by atoms with E-state index in [0.29, 0.717) is 25.2 Å². The minimum Gasteiger partial charge on any atom is -0.346 e. The Kier molecular flexibility index (Phi) is 4.43. The summed E-state index contributed by atoms with van der Waals surface area (Å²) in [6.07, 6.45) is 4.69. The Morgan fingerprint density at radius 2 is 1.78 bits per heavy atom. The van der Waals surface area contributed by atoms with Crippen LogP contribution in [-0.2, 0) is 35.2 Å². The standard InChI is InChI=1S/C19H19FN4O2S/c1-27(25,26)13-15-4-7-19(21-8-15)23-11-16-9-22-24(18(16)12-23)10-14-2-5-17(20)6-3-14/h2-9H,10-13H2,1H3. The van der Waals surface area contributed by atoms with Crippen molar-refractivity contribution in [1.29, 1.82) is 0 Å². The zero-order valence-corrected chi connectivity index (χ0v) is 15.7. The fourth-order valence-corrected chi connectivity index (χ4v) is 4.04. The quantitative estimate of drug-likeness (QED) is 0.674. The van der Waals surface area contributed by atoms with Gasteiger partial charge in [-0.05, 0) is 29.3 Å². The number of halogens is 1. The molecule has 0 bridgehead atoms. The van der Waals surface area contributed by atoms with Gasteiger partial charge in [-0.3, -0.25) is 4.68 Å². The van der Waals surface area contributed by atoms with Crippen molar-refractivity contribution in [2.45, 2.75) is 25.4 Å². The van der Waals surface area contributed by atoms with Crippen LogP contribution in [0.15, 0.2) is 48.8 Å². The third-order valence-corrected chi connectivity index (χ3v) is 5.40. The molecular formula is C19H19FN4O2S. The Balaban J connectivity index is 1.48. The minimum atomic E-state index is -3.07. The Morgan fingerprint density at radius 3 is 2.44 bits per heavy atom. The second-order valence-corrected chi connectivity index (χ2v) is 8.99. The molecule has 0 saturated heterocycles. The normalized spacial score (nSPS) is 13.8. The molecule has 140 valence electrons. The number of fused-ring (bicyclic) bond motifs is 1. The number of hydrogen-bond acceptors (Lipinski definition) is 5. The number of anilines is 1. The molecule has 3 heterocycles. The van der Waals surface area contributed by atoms with Crippen molar-refractivity contribution in [2.24, 2.45) is 0 Å². The molecule has 8 heteroatoms. The number of rotatable bonds is 5. The zero-order chi connectivity index (χ0) is 19.0. The third kappa shape index (κ3) is 4.00. The van der Waals surface area contributed by atoms with E-state index < -0.39 is 9.84 Å². The maximum Gasteiger partial charge on any atom is 0.151 e. The summed E-state index contributed by atoms with van der Waals surface area (Å²) in [6, 6.07) is 10.1. The summed E-state index contributed by atoms with van der Waals surface area (Å²) in [6.45, 7) is 1.97. The topological polar surface area (TPSA) is 68.1 Å². The van der Waals surface area contributed by atoms with Gasteiger partial charge < -0.3 is 4.90 Å². The predicted molar refractivity (Wildman–Crippen MR) is 100 cm³/mol. The van der Waals surface area contributed by atoms with E-state index in [1.54, 1.807) is 24.4 Å². The number of pyridine rings is 1. The smallest absolute Gasteiger partial charge is 0.151 e. The molecule has 6 nitrogen and oxygen atoms in total. The number of aromatic nitrogens is 3. The van der Waals surface area contributed by atoms with Gasteiger partial charge in [0.25, 0.3) is 0 Å².